The zero-order chi connectivity index (χ0) is 28.7. The minimum Gasteiger partial charge on any atom is -0.309 e. The van der Waals surface area contributed by atoms with E-state index in [1.807, 2.05) is 0 Å². The van der Waals surface area contributed by atoms with E-state index in [1.54, 1.807) is 0 Å². The summed E-state index contributed by atoms with van der Waals surface area (Å²) >= 11 is 0. The summed E-state index contributed by atoms with van der Waals surface area (Å²) in [4.78, 5) is 0. The minimum atomic E-state index is -0.0940. The second-order valence-electron chi connectivity index (χ2n) is 12.2. The van der Waals surface area contributed by atoms with Gasteiger partial charge in [0, 0.05) is 38.5 Å². The van der Waals surface area contributed by atoms with E-state index in [2.05, 4.69) is 169 Å². The van der Waals surface area contributed by atoms with Gasteiger partial charge in [-0.15, -0.1) is 0 Å². The SMILES string of the molecule is CC1(C)c2ccc(-c3ccc(-n4c5ccccc5c5ccccc54)cc3)cc2-c2c1c1ccccc1n2-c1ccccc1. The van der Waals surface area contributed by atoms with Crippen LogP contribution in [0, 0.1) is 0 Å². The van der Waals surface area contributed by atoms with Crippen LogP contribution in [-0.2, 0) is 5.41 Å². The molecular weight excluding hydrogens is 520 g/mol. The smallest absolute Gasteiger partial charge is 0.0585 e. The van der Waals surface area contributed by atoms with Crippen molar-refractivity contribution in [1.82, 2.24) is 9.13 Å². The van der Waals surface area contributed by atoms with Gasteiger partial charge in [-0.2, -0.15) is 0 Å². The molecule has 0 spiro atoms. The van der Waals surface area contributed by atoms with Crippen LogP contribution in [0.1, 0.15) is 25.0 Å². The molecule has 2 heterocycles. The van der Waals surface area contributed by atoms with Crippen molar-refractivity contribution in [2.75, 3.05) is 0 Å². The van der Waals surface area contributed by atoms with Crippen molar-refractivity contribution in [2.45, 2.75) is 19.3 Å². The molecule has 1 aliphatic rings. The van der Waals surface area contributed by atoms with Gasteiger partial charge < -0.3 is 9.13 Å². The van der Waals surface area contributed by atoms with E-state index in [4.69, 9.17) is 0 Å². The number of rotatable bonds is 3. The van der Waals surface area contributed by atoms with Crippen LogP contribution in [0.5, 0.6) is 0 Å². The molecule has 0 N–H and O–H groups in total. The average molecular weight is 551 g/mol. The Kier molecular flexibility index (Phi) is 4.99. The summed E-state index contributed by atoms with van der Waals surface area (Å²) in [6.45, 7) is 4.75. The Labute approximate surface area is 251 Å². The van der Waals surface area contributed by atoms with Crippen LogP contribution in [0.2, 0.25) is 0 Å². The number of nitrogens with zero attached hydrogens (tertiary/aromatic N) is 2. The Morgan fingerprint density at radius 1 is 0.442 bits per heavy atom. The van der Waals surface area contributed by atoms with Gasteiger partial charge in [0.25, 0.3) is 0 Å². The summed E-state index contributed by atoms with van der Waals surface area (Å²) in [5.41, 5.74) is 13.9. The first kappa shape index (κ1) is 24.3. The topological polar surface area (TPSA) is 9.86 Å². The lowest BCUT2D eigenvalue weighted by molar-refractivity contribution is 0.666. The maximum Gasteiger partial charge on any atom is 0.0585 e. The van der Waals surface area contributed by atoms with Crippen molar-refractivity contribution >= 4 is 32.7 Å². The fourth-order valence-electron chi connectivity index (χ4n) is 7.58. The monoisotopic (exact) mass is 550 g/mol. The second-order valence-corrected chi connectivity index (χ2v) is 12.2. The van der Waals surface area contributed by atoms with Gasteiger partial charge in [-0.25, -0.2) is 0 Å². The van der Waals surface area contributed by atoms with Gasteiger partial charge in [-0.3, -0.25) is 0 Å². The number of benzene rings is 6. The van der Waals surface area contributed by atoms with Gasteiger partial charge in [0.15, 0.2) is 0 Å². The molecule has 9 rings (SSSR count). The molecule has 0 saturated carbocycles. The first-order valence-electron chi connectivity index (χ1n) is 15.0. The van der Waals surface area contributed by atoms with Gasteiger partial charge in [0.1, 0.15) is 0 Å². The van der Waals surface area contributed by atoms with E-state index in [-0.39, 0.29) is 5.41 Å². The highest BCUT2D eigenvalue weighted by molar-refractivity contribution is 6.09. The Morgan fingerprint density at radius 3 is 1.60 bits per heavy atom. The summed E-state index contributed by atoms with van der Waals surface area (Å²) in [6.07, 6.45) is 0. The van der Waals surface area contributed by atoms with Crippen LogP contribution in [-0.4, -0.2) is 9.13 Å². The summed E-state index contributed by atoms with van der Waals surface area (Å²) in [7, 11) is 0. The Bertz CT molecular complexity index is 2300. The molecular formula is C41H30N2. The van der Waals surface area contributed by atoms with Gasteiger partial charge in [-0.1, -0.05) is 111 Å². The second kappa shape index (κ2) is 8.83. The molecule has 6 aromatic carbocycles. The molecule has 8 aromatic rings. The van der Waals surface area contributed by atoms with Crippen LogP contribution < -0.4 is 0 Å². The van der Waals surface area contributed by atoms with Crippen molar-refractivity contribution in [1.29, 1.82) is 0 Å². The molecule has 0 atom stereocenters. The first-order chi connectivity index (χ1) is 21.1. The lowest BCUT2D eigenvalue weighted by Crippen LogP contribution is -2.14. The molecule has 0 radical (unpaired) electrons. The number of aromatic nitrogens is 2. The quantitative estimate of drug-likeness (QED) is 0.207. The Balaban J connectivity index is 1.21. The van der Waals surface area contributed by atoms with E-state index in [9.17, 15) is 0 Å². The third kappa shape index (κ3) is 3.35. The molecule has 2 heteroatoms. The van der Waals surface area contributed by atoms with Gasteiger partial charge in [0.05, 0.1) is 22.2 Å². The standard InChI is InChI=1S/C41H30N2/c1-41(2)35-25-22-28(26-34(35)40-39(41)33-16-8-11-19-38(33)43(40)29-12-4-3-5-13-29)27-20-23-30(24-21-27)42-36-17-9-6-14-31(36)32-15-7-10-18-37(32)42/h3-26H,1-2H3. The van der Waals surface area contributed by atoms with Gasteiger partial charge >= 0.3 is 0 Å². The molecule has 0 saturated heterocycles. The lowest BCUT2D eigenvalue weighted by Gasteiger charge is -2.21. The number of para-hydroxylation sites is 4. The first-order valence-corrected chi connectivity index (χ1v) is 15.0. The van der Waals surface area contributed by atoms with Crippen molar-refractivity contribution in [3.8, 4) is 33.8 Å². The molecule has 2 nitrogen and oxygen atoms in total. The molecule has 0 aliphatic heterocycles. The zero-order valence-corrected chi connectivity index (χ0v) is 24.3. The highest BCUT2D eigenvalue weighted by Crippen LogP contribution is 2.54. The van der Waals surface area contributed by atoms with Gasteiger partial charge in [0.2, 0.25) is 0 Å². The predicted octanol–water partition coefficient (Wildman–Crippen LogP) is 10.7. The maximum atomic E-state index is 2.47. The molecule has 0 bridgehead atoms. The summed E-state index contributed by atoms with van der Waals surface area (Å²) < 4.78 is 4.84. The lowest BCUT2D eigenvalue weighted by atomic mass is 9.81. The molecule has 2 aromatic heterocycles. The molecule has 0 unspecified atom stereocenters. The van der Waals surface area contributed by atoms with E-state index >= 15 is 0 Å². The van der Waals surface area contributed by atoms with E-state index in [1.165, 1.54) is 77.6 Å². The highest BCUT2D eigenvalue weighted by Gasteiger charge is 2.40. The van der Waals surface area contributed by atoms with E-state index in [0.29, 0.717) is 0 Å². The van der Waals surface area contributed by atoms with Crippen molar-refractivity contribution < 1.29 is 0 Å². The van der Waals surface area contributed by atoms with E-state index < -0.39 is 0 Å². The number of hydrogen-bond acceptors (Lipinski definition) is 0. The molecule has 204 valence electrons. The van der Waals surface area contributed by atoms with E-state index in [0.717, 1.165) is 0 Å². The normalized spacial score (nSPS) is 13.5. The summed E-state index contributed by atoms with van der Waals surface area (Å²) in [6, 6.07) is 53.2. The predicted molar refractivity (Wildman–Crippen MR) is 181 cm³/mol. The number of hydrogen-bond donors (Lipinski definition) is 0. The minimum absolute atomic E-state index is 0.0940. The fourth-order valence-corrected chi connectivity index (χ4v) is 7.58. The third-order valence-electron chi connectivity index (χ3n) is 9.50. The largest absolute Gasteiger partial charge is 0.309 e. The van der Waals surface area contributed by atoms with Crippen molar-refractivity contribution in [3.05, 3.63) is 157 Å². The average Bonchev–Trinajstić information content (AvgIpc) is 3.66. The van der Waals surface area contributed by atoms with Crippen molar-refractivity contribution in [2.24, 2.45) is 0 Å². The van der Waals surface area contributed by atoms with Crippen LogP contribution in [0.3, 0.4) is 0 Å². The summed E-state index contributed by atoms with van der Waals surface area (Å²) in [5.74, 6) is 0. The zero-order valence-electron chi connectivity index (χ0n) is 24.3. The van der Waals surface area contributed by atoms with Crippen LogP contribution in [0.15, 0.2) is 146 Å². The number of fused-ring (bicyclic) bond motifs is 8. The molecule has 0 amide bonds. The van der Waals surface area contributed by atoms with Crippen molar-refractivity contribution in [3.63, 3.8) is 0 Å². The Hall–Kier alpha value is -5.34. The highest BCUT2D eigenvalue weighted by atomic mass is 15.0. The molecule has 0 fully saturated rings. The van der Waals surface area contributed by atoms with Crippen LogP contribution in [0.25, 0.3) is 66.5 Å². The fraction of sp³-hybridized carbons (Fsp3) is 0.0732. The molecule has 43 heavy (non-hydrogen) atoms. The molecule has 1 aliphatic carbocycles. The van der Waals surface area contributed by atoms with Gasteiger partial charge in [-0.05, 0) is 70.8 Å². The third-order valence-corrected chi connectivity index (χ3v) is 9.50. The maximum absolute atomic E-state index is 2.47. The Morgan fingerprint density at radius 2 is 0.953 bits per heavy atom. The summed E-state index contributed by atoms with van der Waals surface area (Å²) in [5, 5.41) is 3.90. The van der Waals surface area contributed by atoms with Crippen LogP contribution in [0.4, 0.5) is 0 Å². The van der Waals surface area contributed by atoms with Crippen LogP contribution >= 0.6 is 0 Å².